The van der Waals surface area contributed by atoms with Crippen molar-refractivity contribution in [2.24, 2.45) is 0 Å². The molecule has 1 aromatic carbocycles. The first-order valence-electron chi connectivity index (χ1n) is 3.90. The van der Waals surface area contributed by atoms with Crippen molar-refractivity contribution >= 4 is 6.29 Å². The molecule has 0 bridgehead atoms. The number of alkyl halides is 3. The van der Waals surface area contributed by atoms with Crippen molar-refractivity contribution in [3.05, 3.63) is 29.3 Å². The number of carbonyl (C=O) groups excluding carboxylic acids is 1. The van der Waals surface area contributed by atoms with Crippen LogP contribution in [0.15, 0.2) is 18.2 Å². The zero-order valence-corrected chi connectivity index (χ0v) is 7.41. The molecule has 0 aliphatic heterocycles. The molecular weight excluding hydrogens is 213 g/mol. The van der Waals surface area contributed by atoms with Crippen molar-refractivity contribution in [2.75, 3.05) is 0 Å². The molecule has 0 spiro atoms. The lowest BCUT2D eigenvalue weighted by Crippen LogP contribution is -2.17. The summed E-state index contributed by atoms with van der Waals surface area (Å²) in [5, 5.41) is 8.73. The summed E-state index contributed by atoms with van der Waals surface area (Å²) in [6, 6.07) is 3.23. The predicted molar refractivity (Wildman–Crippen MR) is 44.4 cm³/mol. The maximum atomic E-state index is 11.8. The van der Waals surface area contributed by atoms with Gasteiger partial charge in [0.2, 0.25) is 0 Å². The van der Waals surface area contributed by atoms with Gasteiger partial charge in [0.25, 0.3) is 0 Å². The van der Waals surface area contributed by atoms with Crippen LogP contribution >= 0.6 is 0 Å². The third-order valence-corrected chi connectivity index (χ3v) is 1.54. The van der Waals surface area contributed by atoms with E-state index >= 15 is 0 Å². The van der Waals surface area contributed by atoms with Gasteiger partial charge in [-0.3, -0.25) is 4.79 Å². The highest BCUT2D eigenvalue weighted by atomic mass is 19.4. The molecule has 15 heavy (non-hydrogen) atoms. The van der Waals surface area contributed by atoms with Crippen LogP contribution in [-0.2, 0) is 6.61 Å². The Kier molecular flexibility index (Phi) is 3.31. The number of aliphatic hydroxyl groups excluding tert-OH is 1. The molecule has 0 saturated carbocycles. The molecule has 0 aliphatic carbocycles. The molecule has 1 N–H and O–H groups in total. The van der Waals surface area contributed by atoms with Crippen LogP contribution < -0.4 is 4.74 Å². The molecule has 0 aromatic heterocycles. The molecule has 0 fully saturated rings. The van der Waals surface area contributed by atoms with Gasteiger partial charge in [-0.15, -0.1) is 13.2 Å². The molecule has 0 radical (unpaired) electrons. The monoisotopic (exact) mass is 220 g/mol. The van der Waals surface area contributed by atoms with Crippen LogP contribution in [0.25, 0.3) is 0 Å². The van der Waals surface area contributed by atoms with Gasteiger partial charge in [0.15, 0.2) is 0 Å². The number of aldehydes is 1. The molecule has 0 atom stereocenters. The van der Waals surface area contributed by atoms with E-state index in [2.05, 4.69) is 4.74 Å². The average molecular weight is 220 g/mol. The molecular formula is C9H7F3O3. The standard InChI is InChI=1S/C9H7F3O3/c10-9(11,12)15-8-2-6(4-13)1-7(3-8)5-14/h1-4,14H,5H2. The van der Waals surface area contributed by atoms with Crippen LogP contribution in [0.4, 0.5) is 13.2 Å². The van der Waals surface area contributed by atoms with E-state index in [1.54, 1.807) is 0 Å². The fourth-order valence-corrected chi connectivity index (χ4v) is 1.04. The summed E-state index contributed by atoms with van der Waals surface area (Å²) in [5.74, 6) is -0.517. The lowest BCUT2D eigenvalue weighted by Gasteiger charge is -2.10. The Bertz CT molecular complexity index is 360. The Balaban J connectivity index is 3.02. The van der Waals surface area contributed by atoms with Crippen LogP contribution in [-0.4, -0.2) is 17.8 Å². The molecule has 1 aromatic rings. The van der Waals surface area contributed by atoms with Gasteiger partial charge in [0.1, 0.15) is 12.0 Å². The molecule has 0 heterocycles. The summed E-state index contributed by atoms with van der Waals surface area (Å²) in [5.41, 5.74) is 0.194. The van der Waals surface area contributed by atoms with Gasteiger partial charge in [-0.2, -0.15) is 0 Å². The Labute approximate surface area is 83.1 Å². The van der Waals surface area contributed by atoms with E-state index in [-0.39, 0.29) is 11.1 Å². The van der Waals surface area contributed by atoms with Crippen LogP contribution in [0.5, 0.6) is 5.75 Å². The third kappa shape index (κ3) is 3.59. The van der Waals surface area contributed by atoms with Crippen LogP contribution in [0.3, 0.4) is 0 Å². The summed E-state index contributed by atoms with van der Waals surface area (Å²) in [6.45, 7) is -0.462. The fourth-order valence-electron chi connectivity index (χ4n) is 1.04. The van der Waals surface area contributed by atoms with Crippen molar-refractivity contribution in [1.29, 1.82) is 0 Å². The Morgan fingerprint density at radius 2 is 2.00 bits per heavy atom. The Morgan fingerprint density at radius 1 is 1.33 bits per heavy atom. The van der Waals surface area contributed by atoms with E-state index in [9.17, 15) is 18.0 Å². The second-order valence-electron chi connectivity index (χ2n) is 2.73. The van der Waals surface area contributed by atoms with E-state index in [1.165, 1.54) is 6.07 Å². The van der Waals surface area contributed by atoms with E-state index in [1.807, 2.05) is 0 Å². The lowest BCUT2D eigenvalue weighted by molar-refractivity contribution is -0.274. The number of rotatable bonds is 3. The molecule has 0 aliphatic rings. The maximum absolute atomic E-state index is 11.8. The minimum absolute atomic E-state index is 0.0146. The minimum Gasteiger partial charge on any atom is -0.406 e. The first kappa shape index (κ1) is 11.5. The number of halogens is 3. The van der Waals surface area contributed by atoms with E-state index in [0.29, 0.717) is 6.29 Å². The summed E-state index contributed by atoms with van der Waals surface area (Å²) in [4.78, 5) is 10.4. The molecule has 6 heteroatoms. The number of benzene rings is 1. The van der Waals surface area contributed by atoms with Crippen LogP contribution in [0, 0.1) is 0 Å². The third-order valence-electron chi connectivity index (χ3n) is 1.54. The van der Waals surface area contributed by atoms with Crippen molar-refractivity contribution < 1.29 is 27.8 Å². The number of ether oxygens (including phenoxy) is 1. The molecule has 0 unspecified atom stereocenters. The smallest absolute Gasteiger partial charge is 0.406 e. The van der Waals surface area contributed by atoms with Crippen molar-refractivity contribution in [1.82, 2.24) is 0 Å². The summed E-state index contributed by atoms with van der Waals surface area (Å²) >= 11 is 0. The van der Waals surface area contributed by atoms with Crippen molar-refractivity contribution in [2.45, 2.75) is 13.0 Å². The predicted octanol–water partition coefficient (Wildman–Crippen LogP) is 1.89. The van der Waals surface area contributed by atoms with E-state index < -0.39 is 18.7 Å². The second-order valence-corrected chi connectivity index (χ2v) is 2.73. The topological polar surface area (TPSA) is 46.5 Å². The zero-order chi connectivity index (χ0) is 11.5. The minimum atomic E-state index is -4.81. The zero-order valence-electron chi connectivity index (χ0n) is 7.41. The number of aliphatic hydroxyl groups is 1. The first-order chi connectivity index (χ1) is 6.94. The van der Waals surface area contributed by atoms with Gasteiger partial charge in [-0.1, -0.05) is 0 Å². The van der Waals surface area contributed by atoms with Gasteiger partial charge in [-0.25, -0.2) is 0 Å². The highest BCUT2D eigenvalue weighted by Gasteiger charge is 2.31. The van der Waals surface area contributed by atoms with Gasteiger partial charge >= 0.3 is 6.36 Å². The van der Waals surface area contributed by atoms with Crippen molar-refractivity contribution in [3.63, 3.8) is 0 Å². The first-order valence-corrected chi connectivity index (χ1v) is 3.90. The average Bonchev–Trinajstić information content (AvgIpc) is 2.14. The summed E-state index contributed by atoms with van der Waals surface area (Å²) in [7, 11) is 0. The van der Waals surface area contributed by atoms with Gasteiger partial charge in [-0.05, 0) is 23.8 Å². The molecule has 1 rings (SSSR count). The number of hydrogen-bond donors (Lipinski definition) is 1. The lowest BCUT2D eigenvalue weighted by atomic mass is 10.1. The Hall–Kier alpha value is -1.56. The summed E-state index contributed by atoms with van der Waals surface area (Å²) < 4.78 is 39.1. The van der Waals surface area contributed by atoms with E-state index in [4.69, 9.17) is 5.11 Å². The van der Waals surface area contributed by atoms with Gasteiger partial charge in [0, 0.05) is 5.56 Å². The normalized spacial score (nSPS) is 11.2. The largest absolute Gasteiger partial charge is 0.573 e. The van der Waals surface area contributed by atoms with E-state index in [0.717, 1.165) is 12.1 Å². The highest BCUT2D eigenvalue weighted by molar-refractivity contribution is 5.76. The van der Waals surface area contributed by atoms with Crippen molar-refractivity contribution in [3.8, 4) is 5.75 Å². The fraction of sp³-hybridized carbons (Fsp3) is 0.222. The quantitative estimate of drug-likeness (QED) is 0.791. The van der Waals surface area contributed by atoms with Crippen LogP contribution in [0.1, 0.15) is 15.9 Å². The molecule has 82 valence electrons. The Morgan fingerprint density at radius 3 is 2.47 bits per heavy atom. The SMILES string of the molecule is O=Cc1cc(CO)cc(OC(F)(F)F)c1. The van der Waals surface area contributed by atoms with Crippen LogP contribution in [0.2, 0.25) is 0 Å². The maximum Gasteiger partial charge on any atom is 0.573 e. The molecule has 0 amide bonds. The molecule has 3 nitrogen and oxygen atoms in total. The second kappa shape index (κ2) is 4.31. The highest BCUT2D eigenvalue weighted by Crippen LogP contribution is 2.24. The van der Waals surface area contributed by atoms with Gasteiger partial charge < -0.3 is 9.84 Å². The molecule has 0 saturated heterocycles. The van der Waals surface area contributed by atoms with Gasteiger partial charge in [0.05, 0.1) is 6.61 Å². The number of hydrogen-bond acceptors (Lipinski definition) is 3. The summed E-state index contributed by atoms with van der Waals surface area (Å²) in [6.07, 6.45) is -4.43. The number of carbonyl (C=O) groups is 1.